The number of halogens is 1. The minimum absolute atomic E-state index is 0.125. The van der Waals surface area contributed by atoms with E-state index in [1.165, 1.54) is 17.4 Å². The second-order valence-corrected chi connectivity index (χ2v) is 6.77. The molecule has 7 heteroatoms. The lowest BCUT2D eigenvalue weighted by Gasteiger charge is -2.25. The van der Waals surface area contributed by atoms with Crippen molar-refractivity contribution >= 4 is 39.9 Å². The van der Waals surface area contributed by atoms with Gasteiger partial charge in [0.1, 0.15) is 5.75 Å². The van der Waals surface area contributed by atoms with E-state index in [0.717, 1.165) is 16.3 Å². The van der Waals surface area contributed by atoms with Crippen LogP contribution in [0.25, 0.3) is 11.0 Å². The number of rotatable bonds is 5. The highest BCUT2D eigenvalue weighted by molar-refractivity contribution is 7.15. The number of carbonyl (C=O) groups is 1. The van der Waals surface area contributed by atoms with Crippen LogP contribution in [0.4, 0.5) is 0 Å². The van der Waals surface area contributed by atoms with Gasteiger partial charge >= 0.3 is 0 Å². The average Bonchev–Trinajstić information content (AvgIpc) is 3.19. The van der Waals surface area contributed by atoms with Gasteiger partial charge in [-0.3, -0.25) is 9.20 Å². The number of imidazole rings is 1. The molecule has 5 nitrogen and oxygen atoms in total. The first-order valence-corrected chi connectivity index (χ1v) is 8.97. The monoisotopic (exact) mass is 375 g/mol. The first-order chi connectivity index (χ1) is 12.0. The third-order valence-corrected chi connectivity index (χ3v) is 5.19. The minimum atomic E-state index is -0.129. The van der Waals surface area contributed by atoms with E-state index in [4.69, 9.17) is 16.3 Å². The summed E-state index contributed by atoms with van der Waals surface area (Å²) in [4.78, 5) is 19.3. The molecule has 3 rings (SSSR count). The van der Waals surface area contributed by atoms with Crippen molar-refractivity contribution in [1.29, 1.82) is 0 Å². The molecule has 2 heterocycles. The van der Waals surface area contributed by atoms with E-state index < -0.39 is 0 Å². The van der Waals surface area contributed by atoms with Crippen LogP contribution in [0.15, 0.2) is 41.9 Å². The fraction of sp³-hybridized carbons (Fsp3) is 0.222. The van der Waals surface area contributed by atoms with E-state index in [-0.39, 0.29) is 11.9 Å². The van der Waals surface area contributed by atoms with E-state index in [9.17, 15) is 4.79 Å². The molecule has 0 aliphatic rings. The van der Waals surface area contributed by atoms with Gasteiger partial charge in [0.2, 0.25) is 5.91 Å². The Morgan fingerprint density at radius 1 is 1.44 bits per heavy atom. The van der Waals surface area contributed by atoms with Gasteiger partial charge in [0.05, 0.1) is 18.8 Å². The first kappa shape index (κ1) is 17.5. The number of aromatic nitrogens is 2. The van der Waals surface area contributed by atoms with Crippen LogP contribution in [0.1, 0.15) is 24.2 Å². The van der Waals surface area contributed by atoms with E-state index in [1.54, 1.807) is 25.1 Å². The Morgan fingerprint density at radius 3 is 2.96 bits per heavy atom. The molecule has 0 fully saturated rings. The van der Waals surface area contributed by atoms with Crippen molar-refractivity contribution in [3.05, 3.63) is 58.3 Å². The molecule has 0 radical (unpaired) electrons. The standard InChI is InChI=1S/C18H18ClN3O2S/c1-12(13-6-4-5-7-15(13)24-3)21(2)16(23)9-8-14-17(19)20-18-22(14)10-11-25-18/h4-12H,1-3H3/b9-8+. The van der Waals surface area contributed by atoms with E-state index >= 15 is 0 Å². The van der Waals surface area contributed by atoms with Crippen LogP contribution in [-0.4, -0.2) is 34.3 Å². The van der Waals surface area contributed by atoms with Gasteiger partial charge in [-0.2, -0.15) is 0 Å². The summed E-state index contributed by atoms with van der Waals surface area (Å²) in [5.41, 5.74) is 1.65. The summed E-state index contributed by atoms with van der Waals surface area (Å²) in [7, 11) is 3.39. The number of thiazole rings is 1. The van der Waals surface area contributed by atoms with Crippen molar-refractivity contribution in [2.24, 2.45) is 0 Å². The Balaban J connectivity index is 1.80. The Morgan fingerprint density at radius 2 is 2.20 bits per heavy atom. The summed E-state index contributed by atoms with van der Waals surface area (Å²) in [6.45, 7) is 1.96. The number of para-hydroxylation sites is 1. The third-order valence-electron chi connectivity index (χ3n) is 4.16. The van der Waals surface area contributed by atoms with Gasteiger partial charge in [0.15, 0.2) is 10.1 Å². The summed E-state index contributed by atoms with van der Waals surface area (Å²) in [6, 6.07) is 7.56. The topological polar surface area (TPSA) is 46.8 Å². The molecule has 3 aromatic rings. The van der Waals surface area contributed by atoms with Crippen molar-refractivity contribution in [2.75, 3.05) is 14.2 Å². The van der Waals surface area contributed by atoms with Gasteiger partial charge < -0.3 is 9.64 Å². The van der Waals surface area contributed by atoms with Crippen LogP contribution in [0.3, 0.4) is 0 Å². The second-order valence-electron chi connectivity index (χ2n) is 5.54. The molecule has 0 aliphatic carbocycles. The predicted octanol–water partition coefficient (Wildman–Crippen LogP) is 4.29. The quantitative estimate of drug-likeness (QED) is 0.625. The number of nitrogens with zero attached hydrogens (tertiary/aromatic N) is 3. The van der Waals surface area contributed by atoms with E-state index in [2.05, 4.69) is 4.98 Å². The maximum atomic E-state index is 12.6. The normalized spacial score (nSPS) is 12.6. The number of benzene rings is 1. The smallest absolute Gasteiger partial charge is 0.246 e. The molecule has 0 N–H and O–H groups in total. The number of carbonyl (C=O) groups excluding carboxylic acids is 1. The number of fused-ring (bicyclic) bond motifs is 1. The second kappa shape index (κ2) is 7.29. The van der Waals surface area contributed by atoms with E-state index in [0.29, 0.717) is 10.8 Å². The molecule has 0 spiro atoms. The Hall–Kier alpha value is -2.31. The van der Waals surface area contributed by atoms with Crippen molar-refractivity contribution in [3.63, 3.8) is 0 Å². The van der Waals surface area contributed by atoms with Gasteiger partial charge in [-0.15, -0.1) is 11.3 Å². The highest BCUT2D eigenvalue weighted by Crippen LogP contribution is 2.28. The lowest BCUT2D eigenvalue weighted by Crippen LogP contribution is -2.28. The molecule has 130 valence electrons. The largest absolute Gasteiger partial charge is 0.496 e. The van der Waals surface area contributed by atoms with Crippen LogP contribution >= 0.6 is 22.9 Å². The summed E-state index contributed by atoms with van der Waals surface area (Å²) < 4.78 is 7.25. The maximum absolute atomic E-state index is 12.6. The van der Waals surface area contributed by atoms with Crippen LogP contribution in [0.2, 0.25) is 5.15 Å². The number of hydrogen-bond acceptors (Lipinski definition) is 4. The van der Waals surface area contributed by atoms with Crippen LogP contribution < -0.4 is 4.74 Å². The highest BCUT2D eigenvalue weighted by Gasteiger charge is 2.19. The van der Waals surface area contributed by atoms with E-state index in [1.807, 2.05) is 47.2 Å². The summed E-state index contributed by atoms with van der Waals surface area (Å²) in [6.07, 6.45) is 5.09. The minimum Gasteiger partial charge on any atom is -0.496 e. The van der Waals surface area contributed by atoms with Gasteiger partial charge in [0.25, 0.3) is 0 Å². The molecule has 1 amide bonds. The fourth-order valence-electron chi connectivity index (χ4n) is 2.60. The highest BCUT2D eigenvalue weighted by atomic mass is 35.5. The molecule has 1 aromatic carbocycles. The average molecular weight is 376 g/mol. The van der Waals surface area contributed by atoms with Crippen LogP contribution in [0, 0.1) is 0 Å². The lowest BCUT2D eigenvalue weighted by molar-refractivity contribution is -0.126. The number of hydrogen-bond donors (Lipinski definition) is 0. The Labute approximate surface area is 155 Å². The summed E-state index contributed by atoms with van der Waals surface area (Å²) in [5.74, 6) is 0.636. The zero-order valence-electron chi connectivity index (χ0n) is 14.1. The van der Waals surface area contributed by atoms with Crippen molar-refractivity contribution in [2.45, 2.75) is 13.0 Å². The Bertz CT molecular complexity index is 931. The van der Waals surface area contributed by atoms with Gasteiger partial charge in [-0.05, 0) is 19.1 Å². The van der Waals surface area contributed by atoms with Crippen LogP contribution in [-0.2, 0) is 4.79 Å². The zero-order valence-corrected chi connectivity index (χ0v) is 15.7. The fourth-order valence-corrected chi connectivity index (χ4v) is 3.61. The number of amides is 1. The number of ether oxygens (including phenoxy) is 1. The number of likely N-dealkylation sites (N-methyl/N-ethyl adjacent to an activating group) is 1. The van der Waals surface area contributed by atoms with Crippen molar-refractivity contribution in [3.8, 4) is 5.75 Å². The molecule has 0 bridgehead atoms. The maximum Gasteiger partial charge on any atom is 0.246 e. The lowest BCUT2D eigenvalue weighted by atomic mass is 10.1. The molecule has 2 aromatic heterocycles. The Kier molecular flexibility index (Phi) is 5.11. The number of methoxy groups -OCH3 is 1. The van der Waals surface area contributed by atoms with Crippen molar-refractivity contribution in [1.82, 2.24) is 14.3 Å². The SMILES string of the molecule is COc1ccccc1C(C)N(C)C(=O)/C=C/c1c(Cl)nc2sccn12. The molecule has 0 saturated heterocycles. The third kappa shape index (κ3) is 3.41. The first-order valence-electron chi connectivity index (χ1n) is 7.71. The molecule has 1 unspecified atom stereocenters. The van der Waals surface area contributed by atoms with Gasteiger partial charge in [0, 0.05) is 30.3 Å². The van der Waals surface area contributed by atoms with Gasteiger partial charge in [-0.25, -0.2) is 4.98 Å². The molecular formula is C18H18ClN3O2S. The molecule has 1 atom stereocenters. The zero-order chi connectivity index (χ0) is 18.0. The van der Waals surface area contributed by atoms with Crippen LogP contribution in [0.5, 0.6) is 5.75 Å². The van der Waals surface area contributed by atoms with Crippen molar-refractivity contribution < 1.29 is 9.53 Å². The molecular weight excluding hydrogens is 358 g/mol. The molecule has 0 saturated carbocycles. The van der Waals surface area contributed by atoms with Gasteiger partial charge in [-0.1, -0.05) is 29.8 Å². The summed E-state index contributed by atoms with van der Waals surface area (Å²) in [5, 5.41) is 2.31. The molecule has 0 aliphatic heterocycles. The predicted molar refractivity (Wildman–Crippen MR) is 101 cm³/mol. The molecule has 25 heavy (non-hydrogen) atoms. The summed E-state index contributed by atoms with van der Waals surface area (Å²) >= 11 is 7.65.